The van der Waals surface area contributed by atoms with Crippen LogP contribution in [-0.4, -0.2) is 32.0 Å². The molecule has 1 fully saturated rings. The van der Waals surface area contributed by atoms with Crippen molar-refractivity contribution in [3.8, 4) is 0 Å². The van der Waals surface area contributed by atoms with Crippen molar-refractivity contribution in [1.29, 1.82) is 0 Å². The number of hydrogen-bond donors (Lipinski definition) is 1. The van der Waals surface area contributed by atoms with E-state index in [4.69, 9.17) is 0 Å². The second kappa shape index (κ2) is 9.24. The first-order chi connectivity index (χ1) is 14.6. The maximum Gasteiger partial charge on any atom is 0.243 e. The van der Waals surface area contributed by atoms with Gasteiger partial charge in [0.25, 0.3) is 0 Å². The SMILES string of the molecule is O=S(=O)(c1ccc(N=Cc2ccc(Nc3ccccc3)cc2)cc1)N1CCCCC1. The lowest BCUT2D eigenvalue weighted by Crippen LogP contribution is -2.35. The Labute approximate surface area is 178 Å². The molecule has 0 amide bonds. The summed E-state index contributed by atoms with van der Waals surface area (Å²) in [6.45, 7) is 1.22. The van der Waals surface area contributed by atoms with E-state index >= 15 is 0 Å². The fourth-order valence-electron chi connectivity index (χ4n) is 3.45. The van der Waals surface area contributed by atoms with E-state index in [1.165, 1.54) is 0 Å². The monoisotopic (exact) mass is 419 g/mol. The van der Waals surface area contributed by atoms with Gasteiger partial charge in [0.15, 0.2) is 0 Å². The van der Waals surface area contributed by atoms with Crippen LogP contribution in [-0.2, 0) is 10.0 Å². The van der Waals surface area contributed by atoms with Gasteiger partial charge in [0.05, 0.1) is 10.6 Å². The number of nitrogens with zero attached hydrogens (tertiary/aromatic N) is 2. The summed E-state index contributed by atoms with van der Waals surface area (Å²) in [7, 11) is -3.40. The van der Waals surface area contributed by atoms with E-state index in [1.807, 2.05) is 54.6 Å². The van der Waals surface area contributed by atoms with Crippen molar-refractivity contribution in [3.05, 3.63) is 84.4 Å². The highest BCUT2D eigenvalue weighted by atomic mass is 32.2. The van der Waals surface area contributed by atoms with Gasteiger partial charge in [-0.3, -0.25) is 4.99 Å². The molecule has 0 unspecified atom stereocenters. The van der Waals surface area contributed by atoms with Gasteiger partial charge in [0.2, 0.25) is 10.0 Å². The van der Waals surface area contributed by atoms with E-state index in [0.29, 0.717) is 18.0 Å². The van der Waals surface area contributed by atoms with Crippen LogP contribution < -0.4 is 5.32 Å². The van der Waals surface area contributed by atoms with Crippen molar-refractivity contribution < 1.29 is 8.42 Å². The number of anilines is 2. The second-order valence-electron chi connectivity index (χ2n) is 7.33. The fraction of sp³-hybridized carbons (Fsp3) is 0.208. The Bertz CT molecular complexity index is 1090. The molecule has 1 saturated heterocycles. The van der Waals surface area contributed by atoms with Gasteiger partial charge in [-0.05, 0) is 66.9 Å². The minimum Gasteiger partial charge on any atom is -0.356 e. The minimum absolute atomic E-state index is 0.333. The Morgan fingerprint density at radius 2 is 1.40 bits per heavy atom. The first kappa shape index (κ1) is 20.3. The molecule has 4 rings (SSSR count). The molecule has 30 heavy (non-hydrogen) atoms. The molecule has 3 aromatic rings. The molecule has 0 radical (unpaired) electrons. The molecular formula is C24H25N3O2S. The van der Waals surface area contributed by atoms with Crippen LogP contribution in [0.1, 0.15) is 24.8 Å². The molecule has 3 aromatic carbocycles. The zero-order valence-corrected chi connectivity index (χ0v) is 17.6. The van der Waals surface area contributed by atoms with Crippen LogP contribution in [0.2, 0.25) is 0 Å². The smallest absolute Gasteiger partial charge is 0.243 e. The number of benzene rings is 3. The molecule has 1 aliphatic rings. The van der Waals surface area contributed by atoms with Gasteiger partial charge < -0.3 is 5.32 Å². The van der Waals surface area contributed by atoms with Gasteiger partial charge in [0, 0.05) is 30.7 Å². The van der Waals surface area contributed by atoms with Crippen LogP contribution in [0, 0.1) is 0 Å². The van der Waals surface area contributed by atoms with Gasteiger partial charge in [-0.1, -0.05) is 36.8 Å². The summed E-state index contributed by atoms with van der Waals surface area (Å²) < 4.78 is 27.0. The molecule has 154 valence electrons. The molecule has 5 nitrogen and oxygen atoms in total. The Morgan fingerprint density at radius 3 is 2.07 bits per heavy atom. The molecule has 0 bridgehead atoms. The number of para-hydroxylation sites is 1. The molecular weight excluding hydrogens is 394 g/mol. The predicted octanol–water partition coefficient (Wildman–Crippen LogP) is 5.36. The molecule has 1 aliphatic heterocycles. The van der Waals surface area contributed by atoms with Crippen LogP contribution in [0.15, 0.2) is 88.8 Å². The summed E-state index contributed by atoms with van der Waals surface area (Å²) in [4.78, 5) is 4.81. The van der Waals surface area contributed by atoms with Crippen molar-refractivity contribution in [2.75, 3.05) is 18.4 Å². The Hall–Kier alpha value is -2.96. The third-order valence-electron chi connectivity index (χ3n) is 5.13. The topological polar surface area (TPSA) is 61.8 Å². The molecule has 0 aromatic heterocycles. The summed E-state index contributed by atoms with van der Waals surface area (Å²) in [5, 5.41) is 3.35. The van der Waals surface area contributed by atoms with Crippen molar-refractivity contribution >= 4 is 33.3 Å². The molecule has 0 aliphatic carbocycles. The fourth-order valence-corrected chi connectivity index (χ4v) is 4.97. The Balaban J connectivity index is 1.40. The number of hydrogen-bond acceptors (Lipinski definition) is 4. The van der Waals surface area contributed by atoms with E-state index in [-0.39, 0.29) is 0 Å². The summed E-state index contributed by atoms with van der Waals surface area (Å²) in [6.07, 6.45) is 4.74. The first-order valence-corrected chi connectivity index (χ1v) is 11.6. The summed E-state index contributed by atoms with van der Waals surface area (Å²) in [5.74, 6) is 0. The van der Waals surface area contributed by atoms with Gasteiger partial charge in [-0.25, -0.2) is 8.42 Å². The highest BCUT2D eigenvalue weighted by molar-refractivity contribution is 7.89. The average Bonchev–Trinajstić information content (AvgIpc) is 2.80. The van der Waals surface area contributed by atoms with E-state index in [0.717, 1.165) is 41.9 Å². The van der Waals surface area contributed by atoms with E-state index in [2.05, 4.69) is 10.3 Å². The van der Waals surface area contributed by atoms with E-state index in [9.17, 15) is 8.42 Å². The number of aliphatic imine (C=N–C) groups is 1. The summed E-state index contributed by atoms with van der Waals surface area (Å²) in [5.41, 5.74) is 3.74. The average molecular weight is 420 g/mol. The first-order valence-electron chi connectivity index (χ1n) is 10.2. The highest BCUT2D eigenvalue weighted by Gasteiger charge is 2.25. The van der Waals surface area contributed by atoms with Crippen LogP contribution >= 0.6 is 0 Å². The maximum absolute atomic E-state index is 12.7. The lowest BCUT2D eigenvalue weighted by Gasteiger charge is -2.25. The van der Waals surface area contributed by atoms with E-state index < -0.39 is 10.0 Å². The lowest BCUT2D eigenvalue weighted by molar-refractivity contribution is 0.346. The van der Waals surface area contributed by atoms with Gasteiger partial charge in [0.1, 0.15) is 0 Å². The molecule has 0 atom stereocenters. The van der Waals surface area contributed by atoms with Crippen molar-refractivity contribution in [2.24, 2.45) is 4.99 Å². The van der Waals surface area contributed by atoms with Crippen LogP contribution in [0.4, 0.5) is 17.1 Å². The normalized spacial score (nSPS) is 15.3. The molecule has 0 saturated carbocycles. The van der Waals surface area contributed by atoms with Crippen LogP contribution in [0.5, 0.6) is 0 Å². The van der Waals surface area contributed by atoms with Crippen molar-refractivity contribution in [2.45, 2.75) is 24.2 Å². The molecule has 6 heteroatoms. The maximum atomic E-state index is 12.7. The Morgan fingerprint density at radius 1 is 0.767 bits per heavy atom. The minimum atomic E-state index is -3.40. The largest absolute Gasteiger partial charge is 0.356 e. The standard InChI is InChI=1S/C24H25N3O2S/c28-30(29,27-17-5-2-6-18-27)24-15-13-21(14-16-24)25-19-20-9-11-23(12-10-20)26-22-7-3-1-4-8-22/h1,3-4,7-16,19,26H,2,5-6,17-18H2. The third kappa shape index (κ3) is 4.96. The highest BCUT2D eigenvalue weighted by Crippen LogP contribution is 2.23. The molecule has 1 N–H and O–H groups in total. The number of sulfonamides is 1. The molecule has 0 spiro atoms. The van der Waals surface area contributed by atoms with Gasteiger partial charge in [-0.2, -0.15) is 4.31 Å². The zero-order valence-electron chi connectivity index (χ0n) is 16.7. The number of rotatable bonds is 6. The zero-order chi connectivity index (χ0) is 20.8. The molecule has 1 heterocycles. The summed E-state index contributed by atoms with van der Waals surface area (Å²) in [6, 6.07) is 24.8. The van der Waals surface area contributed by atoms with Crippen molar-refractivity contribution in [3.63, 3.8) is 0 Å². The lowest BCUT2D eigenvalue weighted by atomic mass is 10.2. The van der Waals surface area contributed by atoms with Gasteiger partial charge in [-0.15, -0.1) is 0 Å². The van der Waals surface area contributed by atoms with Crippen molar-refractivity contribution in [1.82, 2.24) is 4.31 Å². The van der Waals surface area contributed by atoms with Crippen LogP contribution in [0.25, 0.3) is 0 Å². The van der Waals surface area contributed by atoms with Crippen LogP contribution in [0.3, 0.4) is 0 Å². The third-order valence-corrected chi connectivity index (χ3v) is 7.04. The number of nitrogens with one attached hydrogen (secondary N) is 1. The quantitative estimate of drug-likeness (QED) is 0.548. The van der Waals surface area contributed by atoms with Gasteiger partial charge >= 0.3 is 0 Å². The summed E-state index contributed by atoms with van der Waals surface area (Å²) >= 11 is 0. The second-order valence-corrected chi connectivity index (χ2v) is 9.27. The predicted molar refractivity (Wildman–Crippen MR) is 122 cm³/mol. The van der Waals surface area contributed by atoms with E-state index in [1.54, 1.807) is 34.8 Å². The number of piperidine rings is 1. The Kier molecular flexibility index (Phi) is 6.26.